The minimum atomic E-state index is -0.406. The molecule has 2 heterocycles. The van der Waals surface area contributed by atoms with Crippen molar-refractivity contribution in [3.05, 3.63) is 35.9 Å². The number of carbonyl (C=O) groups excluding carboxylic acids is 1. The Morgan fingerprint density at radius 2 is 1.91 bits per heavy atom. The lowest BCUT2D eigenvalue weighted by Gasteiger charge is -2.36. The topological polar surface area (TPSA) is 38.8 Å². The molecule has 0 aliphatic carbocycles. The van der Waals surface area contributed by atoms with Gasteiger partial charge in [-0.2, -0.15) is 0 Å². The molecule has 0 aromatic heterocycles. The summed E-state index contributed by atoms with van der Waals surface area (Å²) in [4.78, 5) is 15.0. The molecule has 0 N–H and O–H groups in total. The highest BCUT2D eigenvalue weighted by molar-refractivity contribution is 7.75. The summed E-state index contributed by atoms with van der Waals surface area (Å²) in [6.45, 7) is 0.228. The van der Waals surface area contributed by atoms with E-state index in [9.17, 15) is 4.79 Å². The summed E-state index contributed by atoms with van der Waals surface area (Å²) in [7, 11) is 2.18. The number of rotatable bonds is 5. The number of hydrogen-bond acceptors (Lipinski definition) is 5. The summed E-state index contributed by atoms with van der Waals surface area (Å²) in [5.74, 6) is -0.606. The molecule has 2 fully saturated rings. The predicted octanol–water partition coefficient (Wildman–Crippen LogP) is 2.80. The minimum absolute atomic E-state index is 0.0346. The molecular weight excluding hydrogens is 298 g/mol. The van der Waals surface area contributed by atoms with Gasteiger partial charge in [0.1, 0.15) is 12.0 Å². The van der Waals surface area contributed by atoms with Crippen molar-refractivity contribution in [2.45, 2.75) is 49.8 Å². The third kappa shape index (κ3) is 3.31. The molecule has 5 heteroatoms. The van der Waals surface area contributed by atoms with Crippen molar-refractivity contribution < 1.29 is 13.7 Å². The molecule has 0 amide bonds. The van der Waals surface area contributed by atoms with Crippen LogP contribution >= 0.6 is 12.9 Å². The fraction of sp³-hybridized carbons (Fsp3) is 0.588. The van der Waals surface area contributed by atoms with Gasteiger partial charge in [-0.25, -0.2) is 0 Å². The summed E-state index contributed by atoms with van der Waals surface area (Å²) >= 11 is 3.81. The molecule has 2 aliphatic heterocycles. The SMILES string of the molecule is CN1[C@@H]2CC[C@H]1C[C@@H](OC(=O)C(COS)c1ccccc1)C2. The van der Waals surface area contributed by atoms with Crippen LogP contribution in [0.2, 0.25) is 0 Å². The molecule has 4 atom stereocenters. The number of fused-ring (bicyclic) bond motifs is 2. The molecular formula is C17H23NO3S. The highest BCUT2D eigenvalue weighted by Gasteiger charge is 2.40. The van der Waals surface area contributed by atoms with Crippen molar-refractivity contribution in [3.63, 3.8) is 0 Å². The lowest BCUT2D eigenvalue weighted by atomic mass is 9.98. The number of esters is 1. The Morgan fingerprint density at radius 3 is 2.50 bits per heavy atom. The fourth-order valence-electron chi connectivity index (χ4n) is 3.76. The van der Waals surface area contributed by atoms with Gasteiger partial charge in [0, 0.05) is 12.1 Å². The third-order valence-corrected chi connectivity index (χ3v) is 5.21. The van der Waals surface area contributed by atoms with Crippen LogP contribution in [0.25, 0.3) is 0 Å². The fourth-order valence-corrected chi connectivity index (χ4v) is 3.91. The lowest BCUT2D eigenvalue weighted by molar-refractivity contribution is -0.155. The number of ether oxygens (including phenoxy) is 1. The van der Waals surface area contributed by atoms with Crippen LogP contribution in [0.4, 0.5) is 0 Å². The summed E-state index contributed by atoms with van der Waals surface area (Å²) in [6, 6.07) is 10.8. The zero-order valence-electron chi connectivity index (χ0n) is 12.9. The van der Waals surface area contributed by atoms with E-state index in [1.54, 1.807) is 0 Å². The van der Waals surface area contributed by atoms with E-state index in [0.717, 1.165) is 18.4 Å². The standard InChI is InChI=1S/C17H23NO3S/c1-18-13-7-8-14(18)10-15(9-13)21-17(19)16(11-20-22)12-5-3-2-4-6-12/h2-6,13-16,22H,7-11H2,1H3/t13-,14+,15+,16?. The summed E-state index contributed by atoms with van der Waals surface area (Å²) in [6.07, 6.45) is 4.37. The second-order valence-electron chi connectivity index (χ2n) is 6.34. The van der Waals surface area contributed by atoms with Gasteiger partial charge in [0.25, 0.3) is 0 Å². The first-order chi connectivity index (χ1) is 10.7. The number of benzene rings is 1. The number of piperidine rings is 1. The molecule has 1 aromatic rings. The molecule has 4 nitrogen and oxygen atoms in total. The maximum atomic E-state index is 12.6. The predicted molar refractivity (Wildman–Crippen MR) is 87.8 cm³/mol. The van der Waals surface area contributed by atoms with Gasteiger partial charge in [0.05, 0.1) is 6.61 Å². The van der Waals surface area contributed by atoms with Crippen LogP contribution in [0.5, 0.6) is 0 Å². The van der Waals surface area contributed by atoms with Crippen LogP contribution in [0.15, 0.2) is 30.3 Å². The van der Waals surface area contributed by atoms with Crippen LogP contribution in [0.1, 0.15) is 37.2 Å². The van der Waals surface area contributed by atoms with Gasteiger partial charge in [-0.05, 0) is 51.2 Å². The normalized spacial score (nSPS) is 29.3. The van der Waals surface area contributed by atoms with E-state index in [-0.39, 0.29) is 18.7 Å². The van der Waals surface area contributed by atoms with E-state index in [2.05, 4.69) is 24.9 Å². The van der Waals surface area contributed by atoms with E-state index >= 15 is 0 Å². The Balaban J connectivity index is 1.65. The van der Waals surface area contributed by atoms with Gasteiger partial charge in [-0.15, -0.1) is 0 Å². The van der Waals surface area contributed by atoms with Gasteiger partial charge >= 0.3 is 5.97 Å². The van der Waals surface area contributed by atoms with E-state index in [4.69, 9.17) is 8.92 Å². The Labute approximate surface area is 137 Å². The number of thiol groups is 1. The molecule has 120 valence electrons. The first-order valence-corrected chi connectivity index (χ1v) is 8.29. The minimum Gasteiger partial charge on any atom is -0.462 e. The molecule has 1 unspecified atom stereocenters. The second-order valence-corrected chi connectivity index (χ2v) is 6.60. The largest absolute Gasteiger partial charge is 0.462 e. The van der Waals surface area contributed by atoms with E-state index < -0.39 is 5.92 Å². The molecule has 3 rings (SSSR count). The van der Waals surface area contributed by atoms with Crippen molar-refractivity contribution in [2.24, 2.45) is 0 Å². The number of nitrogens with zero attached hydrogens (tertiary/aromatic N) is 1. The molecule has 22 heavy (non-hydrogen) atoms. The Bertz CT molecular complexity index is 496. The van der Waals surface area contributed by atoms with Crippen LogP contribution in [-0.4, -0.2) is 42.7 Å². The van der Waals surface area contributed by atoms with Gasteiger partial charge in [0.2, 0.25) is 0 Å². The monoisotopic (exact) mass is 321 g/mol. The van der Waals surface area contributed by atoms with E-state index in [1.165, 1.54) is 12.8 Å². The maximum Gasteiger partial charge on any atom is 0.316 e. The van der Waals surface area contributed by atoms with Crippen LogP contribution < -0.4 is 0 Å². The zero-order chi connectivity index (χ0) is 15.5. The van der Waals surface area contributed by atoms with Gasteiger partial charge < -0.3 is 13.8 Å². The first kappa shape index (κ1) is 15.8. The smallest absolute Gasteiger partial charge is 0.316 e. The van der Waals surface area contributed by atoms with Crippen molar-refractivity contribution >= 4 is 18.9 Å². The van der Waals surface area contributed by atoms with E-state index in [0.29, 0.717) is 12.1 Å². The van der Waals surface area contributed by atoms with Crippen LogP contribution in [0, 0.1) is 0 Å². The Hall–Kier alpha value is -1.04. The highest BCUT2D eigenvalue weighted by atomic mass is 32.1. The molecule has 2 aliphatic rings. The van der Waals surface area contributed by atoms with Crippen molar-refractivity contribution in [3.8, 4) is 0 Å². The van der Waals surface area contributed by atoms with Crippen LogP contribution in [0.3, 0.4) is 0 Å². The molecule has 0 radical (unpaired) electrons. The average molecular weight is 321 g/mol. The van der Waals surface area contributed by atoms with Gasteiger partial charge in [-0.1, -0.05) is 30.3 Å². The quantitative estimate of drug-likeness (QED) is 0.514. The van der Waals surface area contributed by atoms with E-state index in [1.807, 2.05) is 30.3 Å². The summed E-state index contributed by atoms with van der Waals surface area (Å²) in [5, 5.41) is 0. The third-order valence-electron chi connectivity index (χ3n) is 5.07. The van der Waals surface area contributed by atoms with Gasteiger partial charge in [0.15, 0.2) is 0 Å². The summed E-state index contributed by atoms with van der Waals surface area (Å²) < 4.78 is 10.7. The average Bonchev–Trinajstić information content (AvgIpc) is 2.75. The first-order valence-electron chi connectivity index (χ1n) is 7.92. The Kier molecular flexibility index (Phi) is 5.06. The number of hydrogen-bond donors (Lipinski definition) is 1. The molecule has 0 spiro atoms. The zero-order valence-corrected chi connectivity index (χ0v) is 13.7. The van der Waals surface area contributed by atoms with Crippen molar-refractivity contribution in [1.29, 1.82) is 0 Å². The molecule has 0 saturated carbocycles. The second kappa shape index (κ2) is 7.02. The number of carbonyl (C=O) groups is 1. The molecule has 2 bridgehead atoms. The Morgan fingerprint density at radius 1 is 1.27 bits per heavy atom. The van der Waals surface area contributed by atoms with Gasteiger partial charge in [-0.3, -0.25) is 4.79 Å². The summed E-state index contributed by atoms with van der Waals surface area (Å²) in [5.41, 5.74) is 0.914. The molecule has 2 saturated heterocycles. The van der Waals surface area contributed by atoms with Crippen molar-refractivity contribution in [1.82, 2.24) is 4.90 Å². The lowest BCUT2D eigenvalue weighted by Crippen LogP contribution is -2.43. The van der Waals surface area contributed by atoms with Crippen molar-refractivity contribution in [2.75, 3.05) is 13.7 Å². The van der Waals surface area contributed by atoms with Crippen LogP contribution in [-0.2, 0) is 13.7 Å². The maximum absolute atomic E-state index is 12.6. The highest BCUT2D eigenvalue weighted by Crippen LogP contribution is 2.36. The molecule has 1 aromatic carbocycles.